The van der Waals surface area contributed by atoms with E-state index in [1.54, 1.807) is 0 Å². The Hall–Kier alpha value is -0.120. The van der Waals surface area contributed by atoms with E-state index in [2.05, 4.69) is 39.9 Å². The lowest BCUT2D eigenvalue weighted by atomic mass is 9.77. The van der Waals surface area contributed by atoms with E-state index in [0.717, 1.165) is 52.2 Å². The Labute approximate surface area is 119 Å². The third kappa shape index (κ3) is 7.28. The lowest BCUT2D eigenvalue weighted by Gasteiger charge is -2.39. The van der Waals surface area contributed by atoms with Gasteiger partial charge < -0.3 is 14.8 Å². The molecule has 0 spiro atoms. The van der Waals surface area contributed by atoms with Crippen molar-refractivity contribution in [2.45, 2.75) is 59.4 Å². The van der Waals surface area contributed by atoms with Crippen LogP contribution < -0.4 is 5.32 Å². The molecule has 0 aliphatic carbocycles. The average Bonchev–Trinajstić information content (AvgIpc) is 2.33. The van der Waals surface area contributed by atoms with Crippen LogP contribution in [-0.4, -0.2) is 38.5 Å². The van der Waals surface area contributed by atoms with Crippen molar-refractivity contribution in [3.05, 3.63) is 0 Å². The van der Waals surface area contributed by atoms with Crippen molar-refractivity contribution in [3.63, 3.8) is 0 Å². The maximum atomic E-state index is 5.79. The molecule has 0 amide bonds. The van der Waals surface area contributed by atoms with Gasteiger partial charge in [0.25, 0.3) is 0 Å². The third-order valence-corrected chi connectivity index (χ3v) is 3.78. The van der Waals surface area contributed by atoms with E-state index >= 15 is 0 Å². The van der Waals surface area contributed by atoms with Crippen LogP contribution >= 0.6 is 0 Å². The van der Waals surface area contributed by atoms with Crippen LogP contribution in [0.25, 0.3) is 0 Å². The minimum absolute atomic E-state index is 0.185. The zero-order valence-electron chi connectivity index (χ0n) is 13.6. The summed E-state index contributed by atoms with van der Waals surface area (Å²) in [5, 5.41) is 3.67. The molecule has 0 radical (unpaired) electrons. The summed E-state index contributed by atoms with van der Waals surface area (Å²) in [6.07, 6.45) is 3.45. The van der Waals surface area contributed by atoms with E-state index in [1.165, 1.54) is 0 Å². The summed E-state index contributed by atoms with van der Waals surface area (Å²) in [6.45, 7) is 15.7. The van der Waals surface area contributed by atoms with Crippen molar-refractivity contribution < 1.29 is 9.47 Å². The van der Waals surface area contributed by atoms with Gasteiger partial charge in [0, 0.05) is 38.5 Å². The first-order valence-electron chi connectivity index (χ1n) is 7.74. The van der Waals surface area contributed by atoms with Crippen LogP contribution in [0.3, 0.4) is 0 Å². The Kier molecular flexibility index (Phi) is 6.78. The van der Waals surface area contributed by atoms with Crippen LogP contribution in [-0.2, 0) is 9.47 Å². The zero-order chi connectivity index (χ0) is 14.4. The Morgan fingerprint density at radius 3 is 2.37 bits per heavy atom. The average molecular weight is 271 g/mol. The molecule has 1 rings (SSSR count). The van der Waals surface area contributed by atoms with Gasteiger partial charge in [0.15, 0.2) is 0 Å². The normalized spacial score (nSPS) is 19.9. The summed E-state index contributed by atoms with van der Waals surface area (Å²) < 4.78 is 11.3. The predicted molar refractivity (Wildman–Crippen MR) is 80.5 cm³/mol. The highest BCUT2D eigenvalue weighted by molar-refractivity contribution is 4.86. The fourth-order valence-corrected chi connectivity index (χ4v) is 2.38. The highest BCUT2D eigenvalue weighted by Gasteiger charge is 2.33. The lowest BCUT2D eigenvalue weighted by molar-refractivity contribution is -0.0111. The number of hydrogen-bond donors (Lipinski definition) is 1. The lowest BCUT2D eigenvalue weighted by Crippen LogP contribution is -2.46. The first-order chi connectivity index (χ1) is 8.83. The van der Waals surface area contributed by atoms with Gasteiger partial charge in [0.2, 0.25) is 0 Å². The predicted octanol–water partition coefficient (Wildman–Crippen LogP) is 3.23. The molecule has 3 heteroatoms. The Morgan fingerprint density at radius 1 is 1.21 bits per heavy atom. The second-order valence-electron chi connectivity index (χ2n) is 7.43. The fourth-order valence-electron chi connectivity index (χ4n) is 2.38. The third-order valence-electron chi connectivity index (χ3n) is 3.78. The van der Waals surface area contributed by atoms with Gasteiger partial charge in [-0.05, 0) is 51.4 Å². The van der Waals surface area contributed by atoms with Crippen molar-refractivity contribution in [1.29, 1.82) is 0 Å². The van der Waals surface area contributed by atoms with Crippen LogP contribution in [0.15, 0.2) is 0 Å². The van der Waals surface area contributed by atoms with Gasteiger partial charge in [-0.2, -0.15) is 0 Å². The van der Waals surface area contributed by atoms with Crippen LogP contribution in [0.4, 0.5) is 0 Å². The van der Waals surface area contributed by atoms with E-state index in [4.69, 9.17) is 9.47 Å². The summed E-state index contributed by atoms with van der Waals surface area (Å²) in [7, 11) is 0. The van der Waals surface area contributed by atoms with E-state index in [1.807, 2.05) is 0 Å². The molecule has 0 unspecified atom stereocenters. The molecule has 1 heterocycles. The molecular weight excluding hydrogens is 238 g/mol. The number of hydrogen-bond acceptors (Lipinski definition) is 3. The molecule has 1 fully saturated rings. The van der Waals surface area contributed by atoms with Crippen molar-refractivity contribution in [2.24, 2.45) is 11.3 Å². The summed E-state index contributed by atoms with van der Waals surface area (Å²) in [5.74, 6) is 0.623. The quantitative estimate of drug-likeness (QED) is 0.721. The molecule has 3 nitrogen and oxygen atoms in total. The van der Waals surface area contributed by atoms with Crippen LogP contribution in [0.5, 0.6) is 0 Å². The van der Waals surface area contributed by atoms with E-state index < -0.39 is 0 Å². The van der Waals surface area contributed by atoms with E-state index in [9.17, 15) is 0 Å². The Bertz CT molecular complexity index is 240. The zero-order valence-corrected chi connectivity index (χ0v) is 13.6. The molecule has 0 aromatic rings. The monoisotopic (exact) mass is 271 g/mol. The van der Waals surface area contributed by atoms with Gasteiger partial charge >= 0.3 is 0 Å². The molecule has 0 bridgehead atoms. The topological polar surface area (TPSA) is 30.5 Å². The second kappa shape index (κ2) is 7.61. The van der Waals surface area contributed by atoms with Gasteiger partial charge in [-0.3, -0.25) is 0 Å². The minimum Gasteiger partial charge on any atom is -0.381 e. The van der Waals surface area contributed by atoms with Gasteiger partial charge in [0.05, 0.1) is 0 Å². The van der Waals surface area contributed by atoms with Gasteiger partial charge in [-0.25, -0.2) is 0 Å². The van der Waals surface area contributed by atoms with Crippen molar-refractivity contribution >= 4 is 0 Å². The molecule has 114 valence electrons. The molecule has 1 aliphatic rings. The minimum atomic E-state index is 0.185. The molecule has 1 aliphatic heterocycles. The smallest absolute Gasteiger partial charge is 0.0488 e. The van der Waals surface area contributed by atoms with Gasteiger partial charge in [-0.1, -0.05) is 13.8 Å². The van der Waals surface area contributed by atoms with Crippen LogP contribution in [0.2, 0.25) is 0 Å². The summed E-state index contributed by atoms with van der Waals surface area (Å²) in [6, 6.07) is 0. The molecule has 0 saturated carbocycles. The van der Waals surface area contributed by atoms with Crippen LogP contribution in [0, 0.1) is 11.3 Å². The highest BCUT2D eigenvalue weighted by Crippen LogP contribution is 2.34. The largest absolute Gasteiger partial charge is 0.381 e. The molecule has 1 N–H and O–H groups in total. The fraction of sp³-hybridized carbons (Fsp3) is 1.00. The Morgan fingerprint density at radius 2 is 1.84 bits per heavy atom. The van der Waals surface area contributed by atoms with E-state index in [-0.39, 0.29) is 5.54 Å². The number of nitrogens with one attached hydrogen (secondary N) is 1. The van der Waals surface area contributed by atoms with Crippen molar-refractivity contribution in [3.8, 4) is 0 Å². The molecule has 0 aromatic heterocycles. The SMILES string of the molecule is CC(C)COCCC1(CNC(C)(C)C)CCOCC1. The number of ether oxygens (including phenoxy) is 2. The second-order valence-corrected chi connectivity index (χ2v) is 7.43. The first-order valence-corrected chi connectivity index (χ1v) is 7.74. The van der Waals surface area contributed by atoms with Crippen LogP contribution in [0.1, 0.15) is 53.9 Å². The maximum Gasteiger partial charge on any atom is 0.0488 e. The summed E-state index contributed by atoms with van der Waals surface area (Å²) in [4.78, 5) is 0. The molecule has 0 atom stereocenters. The summed E-state index contributed by atoms with van der Waals surface area (Å²) in [5.41, 5.74) is 0.548. The van der Waals surface area contributed by atoms with E-state index in [0.29, 0.717) is 11.3 Å². The maximum absolute atomic E-state index is 5.79. The van der Waals surface area contributed by atoms with Gasteiger partial charge in [-0.15, -0.1) is 0 Å². The molecular formula is C16H33NO2. The highest BCUT2D eigenvalue weighted by atomic mass is 16.5. The van der Waals surface area contributed by atoms with Crippen molar-refractivity contribution in [1.82, 2.24) is 5.32 Å². The van der Waals surface area contributed by atoms with Crippen molar-refractivity contribution in [2.75, 3.05) is 33.0 Å². The molecule has 1 saturated heterocycles. The summed E-state index contributed by atoms with van der Waals surface area (Å²) >= 11 is 0. The molecule has 19 heavy (non-hydrogen) atoms. The standard InChI is InChI=1S/C16H33NO2/c1-14(2)12-19-11-8-16(6-9-18-10-7-16)13-17-15(3,4)5/h14,17H,6-13H2,1-5H3. The molecule has 0 aromatic carbocycles. The number of rotatable bonds is 7. The Balaban J connectivity index is 2.41. The van der Waals surface area contributed by atoms with Gasteiger partial charge in [0.1, 0.15) is 0 Å². The first kappa shape index (κ1) is 16.9.